The van der Waals surface area contributed by atoms with Crippen LogP contribution in [-0.4, -0.2) is 17.6 Å². The number of esters is 1. The Balaban J connectivity index is 2.16. The van der Waals surface area contributed by atoms with Gasteiger partial charge in [-0.25, -0.2) is 9.59 Å². The van der Waals surface area contributed by atoms with Crippen LogP contribution in [0.4, 0.5) is 4.79 Å². The van der Waals surface area contributed by atoms with E-state index < -0.39 is 17.6 Å². The fourth-order valence-electron chi connectivity index (χ4n) is 2.85. The molecule has 0 fully saturated rings. The predicted octanol–water partition coefficient (Wildman–Crippen LogP) is 3.79. The largest absolute Gasteiger partial charge is 0.456 e. The highest BCUT2D eigenvalue weighted by Crippen LogP contribution is 2.32. The summed E-state index contributed by atoms with van der Waals surface area (Å²) >= 11 is 0. The van der Waals surface area contributed by atoms with Gasteiger partial charge in [0.15, 0.2) is 0 Å². The van der Waals surface area contributed by atoms with Crippen molar-refractivity contribution >= 4 is 17.7 Å². The van der Waals surface area contributed by atoms with Gasteiger partial charge in [-0.2, -0.15) is 0 Å². The van der Waals surface area contributed by atoms with E-state index in [1.54, 1.807) is 0 Å². The number of rotatable bonds is 3. The molecule has 0 radical (unpaired) electrons. The van der Waals surface area contributed by atoms with Crippen LogP contribution in [0.25, 0.3) is 5.70 Å². The average Bonchev–Trinajstić information content (AvgIpc) is 2.61. The number of amides is 2. The normalized spacial score (nSPS) is 17.3. The third-order valence-electron chi connectivity index (χ3n) is 3.89. The Bertz CT molecular complexity index is 837. The topological polar surface area (TPSA) is 67.4 Å². The molecule has 2 N–H and O–H groups in total. The first-order valence-electron chi connectivity index (χ1n) is 8.50. The molecule has 1 heterocycles. The second-order valence-corrected chi connectivity index (χ2v) is 7.10. The molecule has 3 rings (SSSR count). The monoisotopic (exact) mass is 350 g/mol. The van der Waals surface area contributed by atoms with Crippen molar-refractivity contribution in [3.63, 3.8) is 0 Å². The maximum atomic E-state index is 13.0. The highest BCUT2D eigenvalue weighted by Gasteiger charge is 2.35. The lowest BCUT2D eigenvalue weighted by Crippen LogP contribution is -2.46. The van der Waals surface area contributed by atoms with E-state index in [0.717, 1.165) is 11.1 Å². The molecule has 1 atom stereocenters. The van der Waals surface area contributed by atoms with Crippen molar-refractivity contribution in [2.45, 2.75) is 32.4 Å². The van der Waals surface area contributed by atoms with Gasteiger partial charge in [0.05, 0.1) is 17.3 Å². The van der Waals surface area contributed by atoms with Gasteiger partial charge in [0.25, 0.3) is 0 Å². The third kappa shape index (κ3) is 3.94. The molecule has 1 aliphatic heterocycles. The summed E-state index contributed by atoms with van der Waals surface area (Å²) in [4.78, 5) is 25.3. The maximum Gasteiger partial charge on any atom is 0.339 e. The van der Waals surface area contributed by atoms with Crippen LogP contribution in [0.3, 0.4) is 0 Å². The molecule has 0 saturated heterocycles. The fourth-order valence-corrected chi connectivity index (χ4v) is 2.85. The van der Waals surface area contributed by atoms with Crippen molar-refractivity contribution in [1.82, 2.24) is 10.6 Å². The molecule has 0 aromatic heterocycles. The van der Waals surface area contributed by atoms with Gasteiger partial charge in [0.2, 0.25) is 0 Å². The number of ether oxygens (including phenoxy) is 1. The third-order valence-corrected chi connectivity index (χ3v) is 3.89. The molecule has 5 heteroatoms. The first kappa shape index (κ1) is 17.7. The summed E-state index contributed by atoms with van der Waals surface area (Å²) in [6.45, 7) is 5.46. The number of urea groups is 1. The van der Waals surface area contributed by atoms with Gasteiger partial charge in [-0.1, -0.05) is 60.7 Å². The molecule has 26 heavy (non-hydrogen) atoms. The van der Waals surface area contributed by atoms with Crippen LogP contribution >= 0.6 is 0 Å². The standard InChI is InChI=1S/C21H22N2O3/c1-21(2,3)26-19(24)16-17(14-10-6-4-7-11-14)22-20(25)23-18(16)15-12-8-5-9-13-15/h4-13,17H,1-3H3,(H2,22,23,25)/t17-/m1/s1. The van der Waals surface area contributed by atoms with Crippen molar-refractivity contribution in [1.29, 1.82) is 0 Å². The van der Waals surface area contributed by atoms with Gasteiger partial charge in [0, 0.05) is 0 Å². The summed E-state index contributed by atoms with van der Waals surface area (Å²) in [5, 5.41) is 5.62. The number of hydrogen-bond donors (Lipinski definition) is 2. The molecule has 0 spiro atoms. The Hall–Kier alpha value is -3.08. The minimum atomic E-state index is -0.644. The summed E-state index contributed by atoms with van der Waals surface area (Å²) in [6, 6.07) is 17.8. The lowest BCUT2D eigenvalue weighted by Gasteiger charge is -2.31. The SMILES string of the molecule is CC(C)(C)OC(=O)C1=C(c2ccccc2)NC(=O)N[C@@H]1c1ccccc1. The Kier molecular flexibility index (Phi) is 4.80. The van der Waals surface area contributed by atoms with Crippen molar-refractivity contribution in [3.8, 4) is 0 Å². The quantitative estimate of drug-likeness (QED) is 0.828. The van der Waals surface area contributed by atoms with Crippen LogP contribution in [0.2, 0.25) is 0 Å². The zero-order valence-electron chi connectivity index (χ0n) is 15.1. The molecule has 1 aliphatic rings. The Morgan fingerprint density at radius 2 is 1.54 bits per heavy atom. The van der Waals surface area contributed by atoms with Crippen LogP contribution < -0.4 is 10.6 Å². The van der Waals surface area contributed by atoms with E-state index in [9.17, 15) is 9.59 Å². The summed E-state index contributed by atoms with van der Waals surface area (Å²) in [5.74, 6) is -0.460. The van der Waals surface area contributed by atoms with E-state index in [-0.39, 0.29) is 6.03 Å². The first-order chi connectivity index (χ1) is 12.3. The minimum absolute atomic E-state index is 0.356. The predicted molar refractivity (Wildman–Crippen MR) is 100 cm³/mol. The van der Waals surface area contributed by atoms with Crippen molar-refractivity contribution < 1.29 is 14.3 Å². The molecule has 2 amide bonds. The molecule has 0 bridgehead atoms. The zero-order valence-corrected chi connectivity index (χ0v) is 15.1. The van der Waals surface area contributed by atoms with E-state index in [0.29, 0.717) is 11.3 Å². The number of nitrogens with one attached hydrogen (secondary N) is 2. The Morgan fingerprint density at radius 1 is 0.962 bits per heavy atom. The maximum absolute atomic E-state index is 13.0. The molecule has 5 nitrogen and oxygen atoms in total. The van der Waals surface area contributed by atoms with Gasteiger partial charge < -0.3 is 15.4 Å². The molecule has 0 saturated carbocycles. The lowest BCUT2D eigenvalue weighted by atomic mass is 9.92. The second-order valence-electron chi connectivity index (χ2n) is 7.10. The molecule has 2 aromatic carbocycles. The average molecular weight is 350 g/mol. The second kappa shape index (κ2) is 7.04. The lowest BCUT2D eigenvalue weighted by molar-refractivity contribution is -0.150. The summed E-state index contributed by atoms with van der Waals surface area (Å²) in [7, 11) is 0. The molecule has 2 aromatic rings. The van der Waals surface area contributed by atoms with Gasteiger partial charge in [-0.3, -0.25) is 0 Å². The molecular weight excluding hydrogens is 328 g/mol. The van der Waals surface area contributed by atoms with Crippen LogP contribution in [0, 0.1) is 0 Å². The van der Waals surface area contributed by atoms with Crippen LogP contribution in [0.15, 0.2) is 66.2 Å². The van der Waals surface area contributed by atoms with Crippen molar-refractivity contribution in [3.05, 3.63) is 77.4 Å². The highest BCUT2D eigenvalue weighted by atomic mass is 16.6. The summed E-state index contributed by atoms with van der Waals surface area (Å²) < 4.78 is 5.63. The molecule has 134 valence electrons. The van der Waals surface area contributed by atoms with Crippen LogP contribution in [-0.2, 0) is 9.53 Å². The van der Waals surface area contributed by atoms with E-state index in [1.807, 2.05) is 81.4 Å². The van der Waals surface area contributed by atoms with Gasteiger partial charge >= 0.3 is 12.0 Å². The van der Waals surface area contributed by atoms with Gasteiger partial charge in [0.1, 0.15) is 5.60 Å². The van der Waals surface area contributed by atoms with E-state index in [2.05, 4.69) is 10.6 Å². The minimum Gasteiger partial charge on any atom is -0.456 e. The first-order valence-corrected chi connectivity index (χ1v) is 8.50. The van der Waals surface area contributed by atoms with E-state index >= 15 is 0 Å². The Morgan fingerprint density at radius 3 is 2.12 bits per heavy atom. The molecule has 0 unspecified atom stereocenters. The van der Waals surface area contributed by atoms with Crippen molar-refractivity contribution in [2.24, 2.45) is 0 Å². The smallest absolute Gasteiger partial charge is 0.339 e. The number of hydrogen-bond acceptors (Lipinski definition) is 3. The van der Waals surface area contributed by atoms with E-state index in [4.69, 9.17) is 4.74 Å². The fraction of sp³-hybridized carbons (Fsp3) is 0.238. The van der Waals surface area contributed by atoms with Gasteiger partial charge in [-0.15, -0.1) is 0 Å². The van der Waals surface area contributed by atoms with Crippen LogP contribution in [0.1, 0.15) is 37.9 Å². The highest BCUT2D eigenvalue weighted by molar-refractivity contribution is 6.04. The zero-order chi connectivity index (χ0) is 18.7. The van der Waals surface area contributed by atoms with Gasteiger partial charge in [-0.05, 0) is 31.9 Å². The van der Waals surface area contributed by atoms with E-state index in [1.165, 1.54) is 0 Å². The Labute approximate surface area is 153 Å². The van der Waals surface area contributed by atoms with Crippen molar-refractivity contribution in [2.75, 3.05) is 0 Å². The number of benzene rings is 2. The number of carbonyl (C=O) groups excluding carboxylic acids is 2. The summed E-state index contributed by atoms with van der Waals surface area (Å²) in [6.07, 6.45) is 0. The number of carbonyl (C=O) groups is 2. The molecule has 0 aliphatic carbocycles. The summed E-state index contributed by atoms with van der Waals surface area (Å²) in [5.41, 5.74) is 1.78. The molecular formula is C21H22N2O3. The van der Waals surface area contributed by atoms with Crippen LogP contribution in [0.5, 0.6) is 0 Å².